The SMILES string of the molecule is O=S1(=O)C=Cc2ccccc2C=C1. The molecule has 2 nitrogen and oxygen atoms in total. The fourth-order valence-electron chi connectivity index (χ4n) is 1.20. The van der Waals surface area contributed by atoms with Crippen LogP contribution in [0.3, 0.4) is 0 Å². The lowest BCUT2D eigenvalue weighted by Gasteiger charge is -1.95. The Labute approximate surface area is 77.1 Å². The normalized spacial score (nSPS) is 17.8. The molecule has 0 amide bonds. The van der Waals surface area contributed by atoms with E-state index in [-0.39, 0.29) is 0 Å². The zero-order chi connectivity index (χ0) is 9.31. The third-order valence-electron chi connectivity index (χ3n) is 1.87. The summed E-state index contributed by atoms with van der Waals surface area (Å²) in [6, 6.07) is 7.54. The van der Waals surface area contributed by atoms with Crippen LogP contribution in [0.2, 0.25) is 0 Å². The maximum absolute atomic E-state index is 11.2. The van der Waals surface area contributed by atoms with Crippen molar-refractivity contribution in [2.45, 2.75) is 0 Å². The summed E-state index contributed by atoms with van der Waals surface area (Å²) in [6.45, 7) is 0. The highest BCUT2D eigenvalue weighted by Gasteiger charge is 2.05. The van der Waals surface area contributed by atoms with Crippen LogP contribution >= 0.6 is 0 Å². The second kappa shape index (κ2) is 2.85. The summed E-state index contributed by atoms with van der Waals surface area (Å²) in [6.07, 6.45) is 3.23. The predicted octanol–water partition coefficient (Wildman–Crippen LogP) is 2.06. The molecule has 3 heteroatoms. The van der Waals surface area contributed by atoms with Gasteiger partial charge in [-0.05, 0) is 23.3 Å². The second-order valence-electron chi connectivity index (χ2n) is 2.82. The Balaban J connectivity index is 2.66. The highest BCUT2D eigenvalue weighted by molar-refractivity contribution is 7.97. The van der Waals surface area contributed by atoms with Crippen LogP contribution in [-0.2, 0) is 9.84 Å². The quantitative estimate of drug-likeness (QED) is 0.630. The van der Waals surface area contributed by atoms with Gasteiger partial charge in [-0.1, -0.05) is 24.3 Å². The maximum atomic E-state index is 11.2. The van der Waals surface area contributed by atoms with Gasteiger partial charge in [0, 0.05) is 10.8 Å². The van der Waals surface area contributed by atoms with Crippen LogP contribution in [-0.4, -0.2) is 8.42 Å². The van der Waals surface area contributed by atoms with Gasteiger partial charge in [-0.3, -0.25) is 0 Å². The molecule has 0 aliphatic carbocycles. The Bertz CT molecular complexity index is 442. The van der Waals surface area contributed by atoms with E-state index < -0.39 is 9.84 Å². The highest BCUT2D eigenvalue weighted by atomic mass is 32.2. The van der Waals surface area contributed by atoms with E-state index in [1.54, 1.807) is 12.2 Å². The molecule has 0 N–H and O–H groups in total. The van der Waals surface area contributed by atoms with Crippen molar-refractivity contribution < 1.29 is 8.42 Å². The first-order valence-electron chi connectivity index (χ1n) is 3.88. The third kappa shape index (κ3) is 1.70. The number of hydrogen-bond donors (Lipinski definition) is 0. The monoisotopic (exact) mass is 192 g/mol. The molecule has 0 saturated carbocycles. The molecule has 0 unspecified atom stereocenters. The van der Waals surface area contributed by atoms with Gasteiger partial charge in [0.15, 0.2) is 9.84 Å². The van der Waals surface area contributed by atoms with Crippen LogP contribution in [0.15, 0.2) is 35.1 Å². The van der Waals surface area contributed by atoms with E-state index in [0.717, 1.165) is 11.1 Å². The molecule has 0 fully saturated rings. The summed E-state index contributed by atoms with van der Waals surface area (Å²) >= 11 is 0. The van der Waals surface area contributed by atoms with Crippen molar-refractivity contribution in [3.05, 3.63) is 46.2 Å². The summed E-state index contributed by atoms with van der Waals surface area (Å²) in [5.41, 5.74) is 1.86. The number of benzene rings is 1. The van der Waals surface area contributed by atoms with E-state index in [9.17, 15) is 8.42 Å². The molecule has 0 saturated heterocycles. The summed E-state index contributed by atoms with van der Waals surface area (Å²) in [5.74, 6) is 0. The van der Waals surface area contributed by atoms with Crippen molar-refractivity contribution in [3.63, 3.8) is 0 Å². The van der Waals surface area contributed by atoms with Crippen molar-refractivity contribution in [3.8, 4) is 0 Å². The van der Waals surface area contributed by atoms with Crippen molar-refractivity contribution in [2.24, 2.45) is 0 Å². The topological polar surface area (TPSA) is 34.1 Å². The molecular formula is C10H8O2S. The van der Waals surface area contributed by atoms with Gasteiger partial charge in [0.25, 0.3) is 0 Å². The summed E-state index contributed by atoms with van der Waals surface area (Å²) in [7, 11) is -3.15. The van der Waals surface area contributed by atoms with Gasteiger partial charge in [0.2, 0.25) is 0 Å². The molecule has 1 aromatic rings. The molecule has 0 bridgehead atoms. The number of rotatable bonds is 0. The fraction of sp³-hybridized carbons (Fsp3) is 0. The molecule has 1 heterocycles. The van der Waals surface area contributed by atoms with Crippen LogP contribution in [0, 0.1) is 0 Å². The Morgan fingerprint density at radius 1 is 0.846 bits per heavy atom. The molecule has 0 radical (unpaired) electrons. The first kappa shape index (κ1) is 8.26. The van der Waals surface area contributed by atoms with Gasteiger partial charge in [-0.25, -0.2) is 8.42 Å². The van der Waals surface area contributed by atoms with Gasteiger partial charge >= 0.3 is 0 Å². The Morgan fingerprint density at radius 2 is 1.31 bits per heavy atom. The first-order chi connectivity index (χ1) is 6.17. The minimum Gasteiger partial charge on any atom is -0.220 e. The smallest absolute Gasteiger partial charge is 0.193 e. The average molecular weight is 192 g/mol. The van der Waals surface area contributed by atoms with Crippen molar-refractivity contribution in [2.75, 3.05) is 0 Å². The molecule has 1 aliphatic rings. The largest absolute Gasteiger partial charge is 0.220 e. The summed E-state index contributed by atoms with van der Waals surface area (Å²) in [5, 5.41) is 2.44. The Morgan fingerprint density at radius 3 is 1.77 bits per heavy atom. The van der Waals surface area contributed by atoms with Crippen molar-refractivity contribution in [1.82, 2.24) is 0 Å². The summed E-state index contributed by atoms with van der Waals surface area (Å²) in [4.78, 5) is 0. The third-order valence-corrected chi connectivity index (χ3v) is 2.90. The van der Waals surface area contributed by atoms with Crippen LogP contribution in [0.5, 0.6) is 0 Å². The molecule has 0 atom stereocenters. The molecule has 2 rings (SSSR count). The molecule has 0 spiro atoms. The van der Waals surface area contributed by atoms with Crippen LogP contribution in [0.1, 0.15) is 11.1 Å². The number of fused-ring (bicyclic) bond motifs is 1. The molecular weight excluding hydrogens is 184 g/mol. The maximum Gasteiger partial charge on any atom is 0.193 e. The van der Waals surface area contributed by atoms with Crippen LogP contribution in [0.4, 0.5) is 0 Å². The van der Waals surface area contributed by atoms with E-state index >= 15 is 0 Å². The fourth-order valence-corrected chi connectivity index (χ4v) is 1.96. The first-order valence-corrected chi connectivity index (χ1v) is 5.49. The van der Waals surface area contributed by atoms with E-state index in [4.69, 9.17) is 0 Å². The molecule has 13 heavy (non-hydrogen) atoms. The zero-order valence-electron chi connectivity index (χ0n) is 6.84. The van der Waals surface area contributed by atoms with E-state index in [1.165, 1.54) is 10.8 Å². The zero-order valence-corrected chi connectivity index (χ0v) is 7.66. The Kier molecular flexibility index (Phi) is 1.81. The standard InChI is InChI=1S/C10H8O2S/c11-13(12)7-5-9-3-1-2-4-10(9)6-8-13/h1-8H. The number of hydrogen-bond acceptors (Lipinski definition) is 2. The van der Waals surface area contributed by atoms with E-state index in [2.05, 4.69) is 0 Å². The second-order valence-corrected chi connectivity index (χ2v) is 4.55. The summed E-state index contributed by atoms with van der Waals surface area (Å²) < 4.78 is 22.3. The van der Waals surface area contributed by atoms with Crippen LogP contribution in [0.25, 0.3) is 12.2 Å². The minimum atomic E-state index is -3.15. The highest BCUT2D eigenvalue weighted by Crippen LogP contribution is 2.17. The average Bonchev–Trinajstić information content (AvgIpc) is 2.27. The van der Waals surface area contributed by atoms with Crippen LogP contribution < -0.4 is 0 Å². The minimum absolute atomic E-state index is 0.930. The van der Waals surface area contributed by atoms with Gasteiger partial charge in [0.05, 0.1) is 0 Å². The van der Waals surface area contributed by atoms with Crippen molar-refractivity contribution >= 4 is 22.0 Å². The molecule has 0 aromatic heterocycles. The van der Waals surface area contributed by atoms with Crippen molar-refractivity contribution in [1.29, 1.82) is 0 Å². The Hall–Kier alpha value is -1.35. The van der Waals surface area contributed by atoms with E-state index in [0.29, 0.717) is 0 Å². The number of sulfone groups is 1. The predicted molar refractivity (Wildman–Crippen MR) is 53.4 cm³/mol. The lowest BCUT2D eigenvalue weighted by atomic mass is 10.1. The molecule has 66 valence electrons. The van der Waals surface area contributed by atoms with Gasteiger partial charge in [0.1, 0.15) is 0 Å². The van der Waals surface area contributed by atoms with Gasteiger partial charge < -0.3 is 0 Å². The van der Waals surface area contributed by atoms with Gasteiger partial charge in [-0.2, -0.15) is 0 Å². The lowest BCUT2D eigenvalue weighted by Crippen LogP contribution is -1.84. The molecule has 1 aliphatic heterocycles. The lowest BCUT2D eigenvalue weighted by molar-refractivity contribution is 0.613. The molecule has 1 aromatic carbocycles. The van der Waals surface area contributed by atoms with Gasteiger partial charge in [-0.15, -0.1) is 0 Å². The van der Waals surface area contributed by atoms with E-state index in [1.807, 2.05) is 24.3 Å².